The molecule has 1 aromatic heterocycles. The van der Waals surface area contributed by atoms with Crippen molar-refractivity contribution in [2.75, 3.05) is 6.54 Å². The Morgan fingerprint density at radius 1 is 1.17 bits per heavy atom. The fourth-order valence-electron chi connectivity index (χ4n) is 3.95. The fourth-order valence-corrected chi connectivity index (χ4v) is 4.28. The van der Waals surface area contributed by atoms with Crippen LogP contribution in [0, 0.1) is 16.4 Å². The Balaban J connectivity index is 0.00000240. The van der Waals surface area contributed by atoms with Crippen molar-refractivity contribution in [2.24, 2.45) is 0 Å². The van der Waals surface area contributed by atoms with Crippen molar-refractivity contribution in [2.45, 2.75) is 38.3 Å². The minimum Gasteiger partial charge on any atom is -0.333 e. The molecule has 1 atom stereocenters. The highest BCUT2D eigenvalue weighted by molar-refractivity contribution is 7.71. The third-order valence-electron chi connectivity index (χ3n) is 5.37. The van der Waals surface area contributed by atoms with Crippen LogP contribution in [0.4, 0.5) is 8.78 Å². The van der Waals surface area contributed by atoms with Gasteiger partial charge in [0.05, 0.1) is 0 Å². The highest BCUT2D eigenvalue weighted by atomic mass is 35.5. The summed E-state index contributed by atoms with van der Waals surface area (Å²) in [6.07, 6.45) is 4.99. The fraction of sp³-hybridized carbons (Fsp3) is 0.318. The predicted octanol–water partition coefficient (Wildman–Crippen LogP) is 5.31. The summed E-state index contributed by atoms with van der Waals surface area (Å²) in [4.78, 5) is 3.25. The van der Waals surface area contributed by atoms with Gasteiger partial charge in [-0.3, -0.25) is 0 Å². The molecule has 0 saturated heterocycles. The van der Waals surface area contributed by atoms with Crippen LogP contribution in [-0.4, -0.2) is 16.1 Å². The molecule has 2 N–H and O–H groups in total. The molecule has 1 heterocycles. The third-order valence-corrected chi connectivity index (χ3v) is 5.69. The van der Waals surface area contributed by atoms with Crippen LogP contribution in [0.1, 0.15) is 34.8 Å². The average molecular weight is 436 g/mol. The molecule has 1 aliphatic rings. The largest absolute Gasteiger partial charge is 0.333 e. The minimum atomic E-state index is -0.516. The molecule has 1 aliphatic carbocycles. The van der Waals surface area contributed by atoms with Gasteiger partial charge in [-0.05, 0) is 67.2 Å². The molecule has 0 spiro atoms. The van der Waals surface area contributed by atoms with Crippen LogP contribution in [0.25, 0.3) is 0 Å². The van der Waals surface area contributed by atoms with Crippen molar-refractivity contribution in [3.8, 4) is 0 Å². The molecule has 0 bridgehead atoms. The second kappa shape index (κ2) is 9.65. The Bertz CT molecular complexity index is 1020. The summed E-state index contributed by atoms with van der Waals surface area (Å²) in [5.41, 5.74) is 3.72. The van der Waals surface area contributed by atoms with Crippen molar-refractivity contribution < 1.29 is 8.78 Å². The van der Waals surface area contributed by atoms with Crippen molar-refractivity contribution >= 4 is 24.6 Å². The number of benzene rings is 2. The van der Waals surface area contributed by atoms with E-state index in [0.717, 1.165) is 36.7 Å². The lowest BCUT2D eigenvalue weighted by Crippen LogP contribution is -2.20. The second-order valence-corrected chi connectivity index (χ2v) is 7.71. The molecule has 0 aliphatic heterocycles. The van der Waals surface area contributed by atoms with Gasteiger partial charge >= 0.3 is 0 Å². The molecule has 3 nitrogen and oxygen atoms in total. The topological polar surface area (TPSA) is 32.8 Å². The SMILES string of the molecule is Cl.Fc1cc(F)c2c(c1)C[C@@H](n1cc(CNCCc3ccccc3)[nH]c1=S)CC2. The van der Waals surface area contributed by atoms with Crippen LogP contribution < -0.4 is 5.32 Å². The van der Waals surface area contributed by atoms with Crippen LogP contribution >= 0.6 is 24.6 Å². The van der Waals surface area contributed by atoms with Crippen LogP contribution in [-0.2, 0) is 25.8 Å². The zero-order valence-corrected chi connectivity index (χ0v) is 17.6. The minimum absolute atomic E-state index is 0. The van der Waals surface area contributed by atoms with E-state index >= 15 is 0 Å². The van der Waals surface area contributed by atoms with E-state index in [9.17, 15) is 8.78 Å². The number of nitrogens with one attached hydrogen (secondary N) is 2. The summed E-state index contributed by atoms with van der Waals surface area (Å²) in [5.74, 6) is -0.952. The van der Waals surface area contributed by atoms with E-state index in [-0.39, 0.29) is 18.4 Å². The Morgan fingerprint density at radius 3 is 2.76 bits per heavy atom. The molecule has 4 rings (SSSR count). The van der Waals surface area contributed by atoms with Crippen LogP contribution in [0.3, 0.4) is 0 Å². The van der Waals surface area contributed by atoms with Gasteiger partial charge in [-0.1, -0.05) is 30.3 Å². The number of imidazole rings is 1. The van der Waals surface area contributed by atoms with Gasteiger partial charge in [-0.15, -0.1) is 12.4 Å². The summed E-state index contributed by atoms with van der Waals surface area (Å²) >= 11 is 5.49. The van der Waals surface area contributed by atoms with Crippen LogP contribution in [0.5, 0.6) is 0 Å². The van der Waals surface area contributed by atoms with E-state index in [1.165, 1.54) is 11.6 Å². The lowest BCUT2D eigenvalue weighted by Gasteiger charge is -2.26. The Morgan fingerprint density at radius 2 is 1.97 bits per heavy atom. The molecule has 154 valence electrons. The first-order valence-electron chi connectivity index (χ1n) is 9.61. The number of nitrogens with zero attached hydrogens (tertiary/aromatic N) is 1. The maximum absolute atomic E-state index is 14.0. The molecule has 3 aromatic rings. The maximum atomic E-state index is 14.0. The number of fused-ring (bicyclic) bond motifs is 1. The molecule has 0 amide bonds. The third kappa shape index (κ3) is 5.13. The first kappa shape index (κ1) is 21.7. The zero-order valence-electron chi connectivity index (χ0n) is 16.0. The van der Waals surface area contributed by atoms with Crippen molar-refractivity contribution in [3.63, 3.8) is 0 Å². The normalized spacial score (nSPS) is 15.6. The van der Waals surface area contributed by atoms with Gasteiger partial charge in [0.25, 0.3) is 0 Å². The number of hydrogen-bond acceptors (Lipinski definition) is 2. The number of aromatic amines is 1. The van der Waals surface area contributed by atoms with Gasteiger partial charge in [0.1, 0.15) is 11.6 Å². The lowest BCUT2D eigenvalue weighted by atomic mass is 9.87. The quantitative estimate of drug-likeness (QED) is 0.406. The monoisotopic (exact) mass is 435 g/mol. The lowest BCUT2D eigenvalue weighted by molar-refractivity contribution is 0.425. The van der Waals surface area contributed by atoms with Gasteiger partial charge < -0.3 is 14.9 Å². The first-order valence-corrected chi connectivity index (χ1v) is 10.0. The molecule has 0 radical (unpaired) electrons. The number of aromatic nitrogens is 2. The van der Waals surface area contributed by atoms with Crippen molar-refractivity contribution in [1.82, 2.24) is 14.9 Å². The highest BCUT2D eigenvalue weighted by Gasteiger charge is 2.24. The van der Waals surface area contributed by atoms with Gasteiger partial charge in [0.15, 0.2) is 4.77 Å². The van der Waals surface area contributed by atoms with E-state index in [1.54, 1.807) is 0 Å². The van der Waals surface area contributed by atoms with Gasteiger partial charge in [-0.25, -0.2) is 8.78 Å². The number of halogens is 3. The smallest absolute Gasteiger partial charge is 0.177 e. The molecule has 7 heteroatoms. The summed E-state index contributed by atoms with van der Waals surface area (Å²) in [5, 5.41) is 3.43. The molecule has 0 saturated carbocycles. The molecular weight excluding hydrogens is 412 g/mol. The molecule has 0 fully saturated rings. The van der Waals surface area contributed by atoms with E-state index < -0.39 is 11.6 Å². The van der Waals surface area contributed by atoms with E-state index in [0.29, 0.717) is 29.7 Å². The Hall–Kier alpha value is -2.02. The zero-order chi connectivity index (χ0) is 19.5. The van der Waals surface area contributed by atoms with E-state index in [2.05, 4.69) is 22.4 Å². The summed E-state index contributed by atoms with van der Waals surface area (Å²) in [6.45, 7) is 1.58. The predicted molar refractivity (Wildman–Crippen MR) is 116 cm³/mol. The van der Waals surface area contributed by atoms with Gasteiger partial charge in [-0.2, -0.15) is 0 Å². The molecule has 2 aromatic carbocycles. The second-order valence-electron chi connectivity index (χ2n) is 7.33. The van der Waals surface area contributed by atoms with Gasteiger partial charge in [0, 0.05) is 30.5 Å². The average Bonchev–Trinajstić information content (AvgIpc) is 3.06. The van der Waals surface area contributed by atoms with Crippen LogP contribution in [0.15, 0.2) is 48.7 Å². The van der Waals surface area contributed by atoms with Crippen molar-refractivity contribution in [1.29, 1.82) is 0 Å². The van der Waals surface area contributed by atoms with Crippen molar-refractivity contribution in [3.05, 3.63) is 87.5 Å². The highest BCUT2D eigenvalue weighted by Crippen LogP contribution is 2.31. The number of rotatable bonds is 6. The maximum Gasteiger partial charge on any atom is 0.177 e. The Kier molecular flexibility index (Phi) is 7.22. The van der Waals surface area contributed by atoms with E-state index in [1.807, 2.05) is 29.0 Å². The molecule has 0 unspecified atom stereocenters. The standard InChI is InChI=1S/C22H23F2N3S.ClH/c23-17-10-16-11-19(6-7-20(16)21(24)12-17)27-14-18(26-22(27)28)13-25-9-8-15-4-2-1-3-5-15;/h1-5,10,12,14,19,25H,6-9,11,13H2,(H,26,28);1H/t19-;/m0./s1. The first-order chi connectivity index (χ1) is 13.6. The number of H-pyrrole nitrogens is 1. The molecular formula is C22H24ClF2N3S. The Labute approximate surface area is 180 Å². The van der Waals surface area contributed by atoms with E-state index in [4.69, 9.17) is 12.2 Å². The summed E-state index contributed by atoms with van der Waals surface area (Å²) in [7, 11) is 0. The van der Waals surface area contributed by atoms with Crippen LogP contribution in [0.2, 0.25) is 0 Å². The summed E-state index contributed by atoms with van der Waals surface area (Å²) < 4.78 is 30.2. The number of hydrogen-bond donors (Lipinski definition) is 2. The summed E-state index contributed by atoms with van der Waals surface area (Å²) in [6, 6.07) is 12.9. The van der Waals surface area contributed by atoms with Gasteiger partial charge in [0.2, 0.25) is 0 Å². The molecule has 29 heavy (non-hydrogen) atoms.